The van der Waals surface area contributed by atoms with Gasteiger partial charge in [0.05, 0.1) is 21.4 Å². The molecule has 0 bridgehead atoms. The Morgan fingerprint density at radius 3 is 2.38 bits per heavy atom. The Balaban J connectivity index is 2.11. The number of hydrogen-bond acceptors (Lipinski definition) is 2. The highest BCUT2D eigenvalue weighted by Gasteiger charge is 2.14. The van der Waals surface area contributed by atoms with E-state index >= 15 is 0 Å². The van der Waals surface area contributed by atoms with Gasteiger partial charge in [0, 0.05) is 6.04 Å². The van der Waals surface area contributed by atoms with Crippen LogP contribution in [0.25, 0.3) is 0 Å². The van der Waals surface area contributed by atoms with Gasteiger partial charge < -0.3 is 11.1 Å². The largest absolute Gasteiger partial charge is 0.397 e. The van der Waals surface area contributed by atoms with Gasteiger partial charge in [-0.1, -0.05) is 42.5 Å². The summed E-state index contributed by atoms with van der Waals surface area (Å²) in [6.45, 7) is 0. The molecule has 2 nitrogen and oxygen atoms in total. The molecule has 0 saturated heterocycles. The van der Waals surface area contributed by atoms with E-state index in [0.717, 1.165) is 5.69 Å². The predicted molar refractivity (Wildman–Crippen MR) is 71.4 cm³/mol. The van der Waals surface area contributed by atoms with Crippen molar-refractivity contribution in [2.24, 2.45) is 0 Å². The highest BCUT2D eigenvalue weighted by Crippen LogP contribution is 2.32. The summed E-state index contributed by atoms with van der Waals surface area (Å²) < 4.78 is 0. The molecule has 1 aliphatic rings. The second kappa shape index (κ2) is 5.15. The van der Waals surface area contributed by atoms with Crippen molar-refractivity contribution in [2.45, 2.75) is 38.1 Å². The summed E-state index contributed by atoms with van der Waals surface area (Å²) in [6, 6.07) is 4.04. The number of nitrogens with two attached hydrogens (primary N) is 1. The molecule has 88 valence electrons. The zero-order valence-electron chi connectivity index (χ0n) is 9.10. The van der Waals surface area contributed by atoms with Crippen LogP contribution >= 0.6 is 23.2 Å². The van der Waals surface area contributed by atoms with Gasteiger partial charge in [0.15, 0.2) is 0 Å². The molecule has 0 spiro atoms. The van der Waals surface area contributed by atoms with Crippen molar-refractivity contribution in [2.75, 3.05) is 11.1 Å². The molecule has 0 radical (unpaired) electrons. The molecule has 1 aliphatic carbocycles. The van der Waals surface area contributed by atoms with Crippen LogP contribution in [0, 0.1) is 0 Å². The lowest BCUT2D eigenvalue weighted by Crippen LogP contribution is -2.22. The van der Waals surface area contributed by atoms with Crippen LogP contribution in [-0.4, -0.2) is 6.04 Å². The SMILES string of the molecule is Nc1cc(Cl)c(Cl)cc1NC1CCCCC1. The number of halogens is 2. The van der Waals surface area contributed by atoms with Gasteiger partial charge in [0.25, 0.3) is 0 Å². The number of nitrogens with one attached hydrogen (secondary N) is 1. The van der Waals surface area contributed by atoms with Gasteiger partial charge in [-0.05, 0) is 25.0 Å². The summed E-state index contributed by atoms with van der Waals surface area (Å²) in [5.74, 6) is 0. The molecule has 0 unspecified atom stereocenters. The molecule has 0 aromatic heterocycles. The van der Waals surface area contributed by atoms with Crippen LogP contribution in [0.1, 0.15) is 32.1 Å². The van der Waals surface area contributed by atoms with Crippen LogP contribution in [-0.2, 0) is 0 Å². The van der Waals surface area contributed by atoms with E-state index in [0.29, 0.717) is 21.8 Å². The lowest BCUT2D eigenvalue weighted by atomic mass is 9.95. The van der Waals surface area contributed by atoms with Gasteiger partial charge in [-0.3, -0.25) is 0 Å². The van der Waals surface area contributed by atoms with Gasteiger partial charge in [0.2, 0.25) is 0 Å². The summed E-state index contributed by atoms with van der Waals surface area (Å²) in [6.07, 6.45) is 6.34. The summed E-state index contributed by atoms with van der Waals surface area (Å²) in [7, 11) is 0. The molecule has 0 heterocycles. The third-order valence-corrected chi connectivity index (χ3v) is 3.78. The monoisotopic (exact) mass is 258 g/mol. The zero-order valence-corrected chi connectivity index (χ0v) is 10.6. The minimum Gasteiger partial charge on any atom is -0.397 e. The summed E-state index contributed by atoms with van der Waals surface area (Å²) in [5.41, 5.74) is 7.47. The van der Waals surface area contributed by atoms with Crippen LogP contribution in [0.5, 0.6) is 0 Å². The maximum absolute atomic E-state index is 5.98. The fourth-order valence-electron chi connectivity index (χ4n) is 2.15. The van der Waals surface area contributed by atoms with Gasteiger partial charge in [-0.2, -0.15) is 0 Å². The second-order valence-corrected chi connectivity index (χ2v) is 5.15. The average Bonchev–Trinajstić information content (AvgIpc) is 2.27. The first-order valence-electron chi connectivity index (χ1n) is 5.68. The molecular formula is C12H16Cl2N2. The van der Waals surface area contributed by atoms with Crippen LogP contribution < -0.4 is 11.1 Å². The van der Waals surface area contributed by atoms with Crippen molar-refractivity contribution in [1.82, 2.24) is 0 Å². The summed E-state index contributed by atoms with van der Waals surface area (Å²) >= 11 is 11.9. The first kappa shape index (κ1) is 11.9. The number of rotatable bonds is 2. The number of benzene rings is 1. The predicted octanol–water partition coefficient (Wildman–Crippen LogP) is 4.32. The zero-order chi connectivity index (χ0) is 11.5. The third kappa shape index (κ3) is 2.74. The van der Waals surface area contributed by atoms with Crippen LogP contribution in [0.4, 0.5) is 11.4 Å². The molecule has 16 heavy (non-hydrogen) atoms. The van der Waals surface area contributed by atoms with Crippen molar-refractivity contribution in [3.63, 3.8) is 0 Å². The third-order valence-electron chi connectivity index (χ3n) is 3.06. The molecule has 2 rings (SSSR count). The topological polar surface area (TPSA) is 38.0 Å². The van der Waals surface area contributed by atoms with Crippen LogP contribution in [0.15, 0.2) is 12.1 Å². The van der Waals surface area contributed by atoms with Crippen molar-refractivity contribution in [1.29, 1.82) is 0 Å². The Bertz CT molecular complexity index is 374. The van der Waals surface area contributed by atoms with Crippen molar-refractivity contribution in [3.05, 3.63) is 22.2 Å². The van der Waals surface area contributed by atoms with E-state index in [1.165, 1.54) is 32.1 Å². The van der Waals surface area contributed by atoms with Gasteiger partial charge in [-0.15, -0.1) is 0 Å². The molecule has 0 aliphatic heterocycles. The molecule has 1 aromatic rings. The van der Waals surface area contributed by atoms with Gasteiger partial charge >= 0.3 is 0 Å². The molecule has 0 atom stereocenters. The van der Waals surface area contributed by atoms with Gasteiger partial charge in [-0.25, -0.2) is 0 Å². The Labute approximate surface area is 106 Å². The Morgan fingerprint density at radius 1 is 1.06 bits per heavy atom. The minimum atomic E-state index is 0.508. The van der Waals surface area contributed by atoms with E-state index in [1.807, 2.05) is 6.07 Å². The summed E-state index contributed by atoms with van der Waals surface area (Å²) in [4.78, 5) is 0. The molecule has 4 heteroatoms. The molecule has 0 amide bonds. The number of nitrogen functional groups attached to an aromatic ring is 1. The van der Waals surface area contributed by atoms with Crippen molar-refractivity contribution < 1.29 is 0 Å². The highest BCUT2D eigenvalue weighted by molar-refractivity contribution is 6.42. The Hall–Kier alpha value is -0.600. The van der Waals surface area contributed by atoms with Crippen LogP contribution in [0.2, 0.25) is 10.0 Å². The molecule has 1 aromatic carbocycles. The maximum atomic E-state index is 5.98. The smallest absolute Gasteiger partial charge is 0.0614 e. The van der Waals surface area contributed by atoms with Crippen molar-refractivity contribution in [3.8, 4) is 0 Å². The molecule has 1 fully saturated rings. The number of anilines is 2. The Morgan fingerprint density at radius 2 is 1.69 bits per heavy atom. The highest BCUT2D eigenvalue weighted by atomic mass is 35.5. The average molecular weight is 259 g/mol. The summed E-state index contributed by atoms with van der Waals surface area (Å²) in [5, 5.41) is 4.51. The molecule has 3 N–H and O–H groups in total. The van der Waals surface area contributed by atoms with Gasteiger partial charge in [0.1, 0.15) is 0 Å². The minimum absolute atomic E-state index is 0.508. The Kier molecular flexibility index (Phi) is 3.82. The van der Waals surface area contributed by atoms with E-state index in [1.54, 1.807) is 6.07 Å². The lowest BCUT2D eigenvalue weighted by Gasteiger charge is -2.24. The quantitative estimate of drug-likeness (QED) is 0.776. The number of hydrogen-bond donors (Lipinski definition) is 2. The normalized spacial score (nSPS) is 17.4. The fourth-order valence-corrected chi connectivity index (χ4v) is 2.49. The first-order chi connectivity index (χ1) is 7.66. The van der Waals surface area contributed by atoms with E-state index in [9.17, 15) is 0 Å². The lowest BCUT2D eigenvalue weighted by molar-refractivity contribution is 0.463. The fraction of sp³-hybridized carbons (Fsp3) is 0.500. The standard InChI is InChI=1S/C12H16Cl2N2/c13-9-6-11(15)12(7-10(9)14)16-8-4-2-1-3-5-8/h6-8,16H,1-5,15H2. The van der Waals surface area contributed by atoms with E-state index in [4.69, 9.17) is 28.9 Å². The van der Waals surface area contributed by atoms with Crippen LogP contribution in [0.3, 0.4) is 0 Å². The molecule has 1 saturated carbocycles. The second-order valence-electron chi connectivity index (χ2n) is 4.33. The maximum Gasteiger partial charge on any atom is 0.0614 e. The van der Waals surface area contributed by atoms with E-state index < -0.39 is 0 Å². The van der Waals surface area contributed by atoms with Crippen molar-refractivity contribution >= 4 is 34.6 Å². The van der Waals surface area contributed by atoms with E-state index in [-0.39, 0.29) is 0 Å². The molecular weight excluding hydrogens is 243 g/mol. The van der Waals surface area contributed by atoms with E-state index in [2.05, 4.69) is 5.32 Å². The first-order valence-corrected chi connectivity index (χ1v) is 6.43.